The highest BCUT2D eigenvalue weighted by Crippen LogP contribution is 2.20. The van der Waals surface area contributed by atoms with E-state index in [0.717, 1.165) is 5.69 Å². The van der Waals surface area contributed by atoms with Crippen molar-refractivity contribution in [2.45, 2.75) is 39.5 Å². The number of nitrogens with zero attached hydrogens (tertiary/aromatic N) is 2. The fourth-order valence-corrected chi connectivity index (χ4v) is 1.66. The van der Waals surface area contributed by atoms with E-state index in [1.54, 1.807) is 6.07 Å². The molecule has 1 aromatic heterocycles. The third-order valence-electron chi connectivity index (χ3n) is 2.71. The van der Waals surface area contributed by atoms with Gasteiger partial charge < -0.3 is 10.0 Å². The second kappa shape index (κ2) is 5.86. The number of nitrogens with one attached hydrogen (secondary N) is 1. The minimum atomic E-state index is -1.02. The van der Waals surface area contributed by atoms with Gasteiger partial charge in [-0.2, -0.15) is 5.10 Å². The number of aliphatic carboxylic acids is 1. The fourth-order valence-electron chi connectivity index (χ4n) is 1.66. The zero-order valence-electron chi connectivity index (χ0n) is 11.9. The number of carboxylic acids is 1. The van der Waals surface area contributed by atoms with Crippen molar-refractivity contribution in [2.75, 3.05) is 13.1 Å². The molecule has 0 aromatic carbocycles. The maximum absolute atomic E-state index is 12.2. The summed E-state index contributed by atoms with van der Waals surface area (Å²) >= 11 is 0. The van der Waals surface area contributed by atoms with Gasteiger partial charge >= 0.3 is 5.97 Å². The molecule has 6 heteroatoms. The Balaban J connectivity index is 2.90. The van der Waals surface area contributed by atoms with Crippen LogP contribution in [-0.2, 0) is 10.2 Å². The Morgan fingerprint density at radius 2 is 2.05 bits per heavy atom. The Labute approximate surface area is 112 Å². The van der Waals surface area contributed by atoms with Gasteiger partial charge in [0.15, 0.2) is 0 Å². The summed E-state index contributed by atoms with van der Waals surface area (Å²) in [6.07, 6.45) is 0.704. The lowest BCUT2D eigenvalue weighted by Crippen LogP contribution is -2.36. The smallest absolute Gasteiger partial charge is 0.323 e. The van der Waals surface area contributed by atoms with Crippen LogP contribution in [0, 0.1) is 0 Å². The van der Waals surface area contributed by atoms with Crippen LogP contribution in [0.5, 0.6) is 0 Å². The molecule has 1 aromatic rings. The van der Waals surface area contributed by atoms with Gasteiger partial charge in [-0.05, 0) is 12.5 Å². The van der Waals surface area contributed by atoms with E-state index < -0.39 is 5.97 Å². The zero-order chi connectivity index (χ0) is 14.6. The SMILES string of the molecule is CCCN(CC(=O)O)C(=O)c1cc(C(C)(C)C)[nH]n1. The molecule has 0 fully saturated rings. The Morgan fingerprint density at radius 1 is 1.42 bits per heavy atom. The Kier molecular flexibility index (Phi) is 4.69. The largest absolute Gasteiger partial charge is 0.480 e. The van der Waals surface area contributed by atoms with E-state index in [2.05, 4.69) is 10.2 Å². The van der Waals surface area contributed by atoms with E-state index in [0.29, 0.717) is 13.0 Å². The van der Waals surface area contributed by atoms with E-state index >= 15 is 0 Å². The molecule has 2 N–H and O–H groups in total. The molecule has 6 nitrogen and oxygen atoms in total. The first-order chi connectivity index (χ1) is 8.75. The standard InChI is InChI=1S/C13H21N3O3/c1-5-6-16(8-11(17)18)12(19)9-7-10(15-14-9)13(2,3)4/h7H,5-6,8H2,1-4H3,(H,14,15)(H,17,18). The predicted octanol–water partition coefficient (Wildman–Crippen LogP) is 1.64. The van der Waals surface area contributed by atoms with Gasteiger partial charge in [0.2, 0.25) is 0 Å². The number of H-pyrrole nitrogens is 1. The second-order valence-corrected chi connectivity index (χ2v) is 5.54. The monoisotopic (exact) mass is 267 g/mol. The molecule has 1 heterocycles. The lowest BCUT2D eigenvalue weighted by Gasteiger charge is -2.18. The van der Waals surface area contributed by atoms with Crippen LogP contribution in [0.2, 0.25) is 0 Å². The molecule has 0 saturated heterocycles. The molecule has 0 unspecified atom stereocenters. The summed E-state index contributed by atoms with van der Waals surface area (Å²) in [4.78, 5) is 24.2. The summed E-state index contributed by atoms with van der Waals surface area (Å²) in [5.41, 5.74) is 0.982. The van der Waals surface area contributed by atoms with Gasteiger partial charge in [-0.15, -0.1) is 0 Å². The second-order valence-electron chi connectivity index (χ2n) is 5.54. The molecular formula is C13H21N3O3. The molecule has 1 rings (SSSR count). The van der Waals surface area contributed by atoms with E-state index in [1.807, 2.05) is 27.7 Å². The van der Waals surface area contributed by atoms with Crippen LogP contribution in [0.4, 0.5) is 0 Å². The van der Waals surface area contributed by atoms with E-state index in [1.165, 1.54) is 4.90 Å². The number of hydrogen-bond acceptors (Lipinski definition) is 3. The first-order valence-corrected chi connectivity index (χ1v) is 6.32. The quantitative estimate of drug-likeness (QED) is 0.849. The summed E-state index contributed by atoms with van der Waals surface area (Å²) in [7, 11) is 0. The van der Waals surface area contributed by atoms with E-state index in [4.69, 9.17) is 5.11 Å². The van der Waals surface area contributed by atoms with Crippen LogP contribution in [-0.4, -0.2) is 45.2 Å². The van der Waals surface area contributed by atoms with Crippen molar-refractivity contribution < 1.29 is 14.7 Å². The number of aromatic amines is 1. The van der Waals surface area contributed by atoms with Crippen molar-refractivity contribution in [3.8, 4) is 0 Å². The fraction of sp³-hybridized carbons (Fsp3) is 0.615. The number of carbonyl (C=O) groups excluding carboxylic acids is 1. The number of amides is 1. The molecule has 1 amide bonds. The number of aromatic nitrogens is 2. The van der Waals surface area contributed by atoms with Gasteiger partial charge in [-0.3, -0.25) is 14.7 Å². The topological polar surface area (TPSA) is 86.3 Å². The van der Waals surface area contributed by atoms with Crippen molar-refractivity contribution >= 4 is 11.9 Å². The van der Waals surface area contributed by atoms with Gasteiger partial charge in [-0.1, -0.05) is 27.7 Å². The molecule has 0 aliphatic heterocycles. The first-order valence-electron chi connectivity index (χ1n) is 6.32. The number of carbonyl (C=O) groups is 2. The minimum absolute atomic E-state index is 0.131. The highest BCUT2D eigenvalue weighted by atomic mass is 16.4. The lowest BCUT2D eigenvalue weighted by atomic mass is 9.92. The number of hydrogen-bond donors (Lipinski definition) is 2. The van der Waals surface area contributed by atoms with E-state index in [-0.39, 0.29) is 23.6 Å². The van der Waals surface area contributed by atoms with Crippen molar-refractivity contribution in [3.05, 3.63) is 17.5 Å². The lowest BCUT2D eigenvalue weighted by molar-refractivity contribution is -0.137. The average Bonchev–Trinajstić information content (AvgIpc) is 2.75. The summed E-state index contributed by atoms with van der Waals surface area (Å²) in [5.74, 6) is -1.37. The van der Waals surface area contributed by atoms with Crippen LogP contribution in [0.15, 0.2) is 6.07 Å². The summed E-state index contributed by atoms with van der Waals surface area (Å²) < 4.78 is 0. The van der Waals surface area contributed by atoms with Crippen molar-refractivity contribution in [1.82, 2.24) is 15.1 Å². The van der Waals surface area contributed by atoms with Crippen LogP contribution < -0.4 is 0 Å². The van der Waals surface area contributed by atoms with Crippen LogP contribution in [0.1, 0.15) is 50.3 Å². The maximum atomic E-state index is 12.2. The van der Waals surface area contributed by atoms with Gasteiger partial charge in [0.25, 0.3) is 5.91 Å². The van der Waals surface area contributed by atoms with Gasteiger partial charge in [0, 0.05) is 17.7 Å². The Bertz CT molecular complexity index is 460. The Hall–Kier alpha value is -1.85. The maximum Gasteiger partial charge on any atom is 0.323 e. The molecule has 0 spiro atoms. The highest BCUT2D eigenvalue weighted by molar-refractivity contribution is 5.94. The predicted molar refractivity (Wildman–Crippen MR) is 71.1 cm³/mol. The van der Waals surface area contributed by atoms with Gasteiger partial charge in [0.1, 0.15) is 12.2 Å². The van der Waals surface area contributed by atoms with Crippen molar-refractivity contribution in [1.29, 1.82) is 0 Å². The Morgan fingerprint density at radius 3 is 2.47 bits per heavy atom. The van der Waals surface area contributed by atoms with Crippen LogP contribution >= 0.6 is 0 Å². The summed E-state index contributed by atoms with van der Waals surface area (Å²) in [6.45, 7) is 8.03. The molecule has 0 aliphatic rings. The highest BCUT2D eigenvalue weighted by Gasteiger charge is 2.23. The summed E-state index contributed by atoms with van der Waals surface area (Å²) in [5, 5.41) is 15.6. The minimum Gasteiger partial charge on any atom is -0.480 e. The average molecular weight is 267 g/mol. The van der Waals surface area contributed by atoms with Gasteiger partial charge in [-0.25, -0.2) is 0 Å². The number of rotatable bonds is 5. The molecule has 0 atom stereocenters. The third-order valence-corrected chi connectivity index (χ3v) is 2.71. The zero-order valence-corrected chi connectivity index (χ0v) is 11.9. The molecule has 0 bridgehead atoms. The number of carboxylic acid groups (broad SMARTS) is 1. The molecular weight excluding hydrogens is 246 g/mol. The molecule has 0 radical (unpaired) electrons. The molecule has 19 heavy (non-hydrogen) atoms. The first kappa shape index (κ1) is 15.2. The molecule has 106 valence electrons. The normalized spacial score (nSPS) is 11.4. The molecule has 0 aliphatic carbocycles. The van der Waals surface area contributed by atoms with Crippen LogP contribution in [0.25, 0.3) is 0 Å². The third kappa shape index (κ3) is 4.08. The van der Waals surface area contributed by atoms with Crippen molar-refractivity contribution in [3.63, 3.8) is 0 Å². The van der Waals surface area contributed by atoms with Crippen LogP contribution in [0.3, 0.4) is 0 Å². The molecule has 0 saturated carbocycles. The van der Waals surface area contributed by atoms with E-state index in [9.17, 15) is 9.59 Å². The summed E-state index contributed by atoms with van der Waals surface area (Å²) in [6, 6.07) is 1.69. The van der Waals surface area contributed by atoms with Gasteiger partial charge in [0.05, 0.1) is 0 Å². The van der Waals surface area contributed by atoms with Crippen molar-refractivity contribution in [2.24, 2.45) is 0 Å².